The summed E-state index contributed by atoms with van der Waals surface area (Å²) < 4.78 is 6.05. The number of hydrogen-bond acceptors (Lipinski definition) is 2. The van der Waals surface area contributed by atoms with Crippen molar-refractivity contribution >= 4 is 33.4 Å². The van der Waals surface area contributed by atoms with E-state index in [-0.39, 0.29) is 11.9 Å². The van der Waals surface area contributed by atoms with Crippen LogP contribution < -0.4 is 10.1 Å². The molecule has 1 rings (SSSR count). The molecule has 0 saturated heterocycles. The molecule has 94 valence electrons. The molecule has 0 radical (unpaired) electrons. The highest BCUT2D eigenvalue weighted by molar-refractivity contribution is 9.10. The molecule has 1 aromatic rings. The zero-order valence-corrected chi connectivity index (χ0v) is 12.3. The first-order valence-electron chi connectivity index (χ1n) is 5.23. The molecule has 0 heterocycles. The number of ether oxygens (including phenoxy) is 1. The van der Waals surface area contributed by atoms with Crippen LogP contribution in [0.2, 0.25) is 0 Å². The van der Waals surface area contributed by atoms with Crippen molar-refractivity contribution in [3.63, 3.8) is 0 Å². The molecule has 1 amide bonds. The van der Waals surface area contributed by atoms with Crippen molar-refractivity contribution in [3.05, 3.63) is 28.2 Å². The Labute approximate surface area is 115 Å². The molecule has 5 heteroatoms. The Hall–Kier alpha value is -0.740. The topological polar surface area (TPSA) is 38.3 Å². The molecule has 0 fully saturated rings. The lowest BCUT2D eigenvalue weighted by Crippen LogP contribution is -2.32. The standard InChI is InChI=1S/C12H15BrClNO2/c1-7(2)15-12(16)11(14)9-6-8(13)4-5-10(9)17-3/h4-7,11H,1-3H3,(H,15,16). The predicted octanol–water partition coefficient (Wildman–Crippen LogP) is 3.26. The zero-order chi connectivity index (χ0) is 13.0. The van der Waals surface area contributed by atoms with Crippen molar-refractivity contribution in [2.45, 2.75) is 25.3 Å². The van der Waals surface area contributed by atoms with Gasteiger partial charge in [0.15, 0.2) is 0 Å². The van der Waals surface area contributed by atoms with Gasteiger partial charge in [-0.15, -0.1) is 11.6 Å². The van der Waals surface area contributed by atoms with Gasteiger partial charge in [-0.3, -0.25) is 4.79 Å². The summed E-state index contributed by atoms with van der Waals surface area (Å²) in [5, 5.41) is 2.01. The van der Waals surface area contributed by atoms with E-state index in [1.165, 1.54) is 0 Å². The summed E-state index contributed by atoms with van der Waals surface area (Å²) in [6.45, 7) is 3.78. The number of methoxy groups -OCH3 is 1. The van der Waals surface area contributed by atoms with Crippen LogP contribution in [0.4, 0.5) is 0 Å². The van der Waals surface area contributed by atoms with Crippen molar-refractivity contribution in [2.75, 3.05) is 7.11 Å². The van der Waals surface area contributed by atoms with Crippen LogP contribution in [-0.2, 0) is 4.79 Å². The Morgan fingerprint density at radius 2 is 2.12 bits per heavy atom. The van der Waals surface area contributed by atoms with Crippen molar-refractivity contribution in [1.82, 2.24) is 5.32 Å². The summed E-state index contributed by atoms with van der Waals surface area (Å²) in [6.07, 6.45) is 0. The molecule has 0 aliphatic rings. The lowest BCUT2D eigenvalue weighted by molar-refractivity contribution is -0.121. The van der Waals surface area contributed by atoms with Crippen LogP contribution in [0, 0.1) is 0 Å². The van der Waals surface area contributed by atoms with Crippen molar-refractivity contribution < 1.29 is 9.53 Å². The molecular formula is C12H15BrClNO2. The van der Waals surface area contributed by atoms with E-state index < -0.39 is 5.38 Å². The number of rotatable bonds is 4. The van der Waals surface area contributed by atoms with Crippen LogP contribution >= 0.6 is 27.5 Å². The summed E-state index contributed by atoms with van der Waals surface area (Å²) in [5.41, 5.74) is 0.654. The molecule has 1 unspecified atom stereocenters. The van der Waals surface area contributed by atoms with Gasteiger partial charge < -0.3 is 10.1 Å². The minimum absolute atomic E-state index is 0.0573. The van der Waals surface area contributed by atoms with E-state index >= 15 is 0 Å². The first kappa shape index (κ1) is 14.3. The maximum absolute atomic E-state index is 11.8. The number of amides is 1. The van der Waals surface area contributed by atoms with E-state index in [0.29, 0.717) is 11.3 Å². The van der Waals surface area contributed by atoms with Gasteiger partial charge in [-0.1, -0.05) is 15.9 Å². The number of halogens is 2. The lowest BCUT2D eigenvalue weighted by atomic mass is 10.1. The van der Waals surface area contributed by atoms with Crippen LogP contribution in [0.25, 0.3) is 0 Å². The van der Waals surface area contributed by atoms with Gasteiger partial charge in [0, 0.05) is 16.1 Å². The number of carbonyl (C=O) groups excluding carboxylic acids is 1. The van der Waals surface area contributed by atoms with Crippen LogP contribution in [0.3, 0.4) is 0 Å². The molecule has 0 bridgehead atoms. The molecule has 0 spiro atoms. The van der Waals surface area contributed by atoms with E-state index in [1.54, 1.807) is 19.2 Å². The molecule has 0 aromatic heterocycles. The fraction of sp³-hybridized carbons (Fsp3) is 0.417. The summed E-state index contributed by atoms with van der Waals surface area (Å²) in [6, 6.07) is 5.46. The van der Waals surface area contributed by atoms with Gasteiger partial charge in [0.1, 0.15) is 11.1 Å². The zero-order valence-electron chi connectivity index (χ0n) is 9.96. The summed E-state index contributed by atoms with van der Waals surface area (Å²) in [5.74, 6) is 0.380. The predicted molar refractivity (Wildman–Crippen MR) is 72.6 cm³/mol. The van der Waals surface area contributed by atoms with Gasteiger partial charge in [0.05, 0.1) is 7.11 Å². The Bertz CT molecular complexity index is 409. The minimum atomic E-state index is -0.759. The first-order valence-corrected chi connectivity index (χ1v) is 6.46. The molecule has 0 aliphatic carbocycles. The van der Waals surface area contributed by atoms with Crippen LogP contribution in [-0.4, -0.2) is 19.1 Å². The Morgan fingerprint density at radius 3 is 2.65 bits per heavy atom. The molecule has 3 nitrogen and oxygen atoms in total. The Kier molecular flexibility index (Phi) is 5.28. The van der Waals surface area contributed by atoms with Gasteiger partial charge in [0.2, 0.25) is 5.91 Å². The fourth-order valence-electron chi connectivity index (χ4n) is 1.40. The number of nitrogens with one attached hydrogen (secondary N) is 1. The number of benzene rings is 1. The number of carbonyl (C=O) groups is 1. The van der Waals surface area contributed by atoms with Crippen molar-refractivity contribution in [1.29, 1.82) is 0 Å². The molecule has 0 aliphatic heterocycles. The quantitative estimate of drug-likeness (QED) is 0.865. The summed E-state index contributed by atoms with van der Waals surface area (Å²) in [7, 11) is 1.55. The SMILES string of the molecule is COc1ccc(Br)cc1C(Cl)C(=O)NC(C)C. The molecule has 17 heavy (non-hydrogen) atoms. The monoisotopic (exact) mass is 319 g/mol. The third kappa shape index (κ3) is 3.89. The Balaban J connectivity index is 2.98. The van der Waals surface area contributed by atoms with E-state index in [1.807, 2.05) is 19.9 Å². The summed E-state index contributed by atoms with van der Waals surface area (Å²) in [4.78, 5) is 11.8. The molecule has 1 N–H and O–H groups in total. The smallest absolute Gasteiger partial charge is 0.242 e. The largest absolute Gasteiger partial charge is 0.496 e. The maximum Gasteiger partial charge on any atom is 0.242 e. The van der Waals surface area contributed by atoms with Crippen LogP contribution in [0.1, 0.15) is 24.8 Å². The third-order valence-corrected chi connectivity index (χ3v) is 3.05. The lowest BCUT2D eigenvalue weighted by Gasteiger charge is -2.16. The Morgan fingerprint density at radius 1 is 1.47 bits per heavy atom. The van der Waals surface area contributed by atoms with Crippen molar-refractivity contribution in [2.24, 2.45) is 0 Å². The third-order valence-electron chi connectivity index (χ3n) is 2.13. The average Bonchev–Trinajstić information content (AvgIpc) is 2.27. The van der Waals surface area contributed by atoms with Crippen LogP contribution in [0.15, 0.2) is 22.7 Å². The maximum atomic E-state index is 11.8. The van der Waals surface area contributed by atoms with Crippen LogP contribution in [0.5, 0.6) is 5.75 Å². The van der Waals surface area contributed by atoms with Gasteiger partial charge in [-0.25, -0.2) is 0 Å². The molecule has 1 atom stereocenters. The molecular weight excluding hydrogens is 305 g/mol. The highest BCUT2D eigenvalue weighted by Crippen LogP contribution is 2.32. The second-order valence-electron chi connectivity index (χ2n) is 3.91. The average molecular weight is 321 g/mol. The van der Waals surface area contributed by atoms with E-state index in [2.05, 4.69) is 21.2 Å². The first-order chi connectivity index (χ1) is 7.95. The van der Waals surface area contributed by atoms with E-state index in [9.17, 15) is 4.79 Å². The minimum Gasteiger partial charge on any atom is -0.496 e. The highest BCUT2D eigenvalue weighted by atomic mass is 79.9. The second-order valence-corrected chi connectivity index (χ2v) is 5.26. The molecule has 0 saturated carbocycles. The van der Waals surface area contributed by atoms with Gasteiger partial charge in [-0.2, -0.15) is 0 Å². The second kappa shape index (κ2) is 6.26. The van der Waals surface area contributed by atoms with Crippen molar-refractivity contribution in [3.8, 4) is 5.75 Å². The van der Waals surface area contributed by atoms with E-state index in [4.69, 9.17) is 16.3 Å². The number of hydrogen-bond donors (Lipinski definition) is 1. The number of alkyl halides is 1. The normalized spacial score (nSPS) is 12.4. The van der Waals surface area contributed by atoms with Gasteiger partial charge >= 0.3 is 0 Å². The highest BCUT2D eigenvalue weighted by Gasteiger charge is 2.22. The molecule has 1 aromatic carbocycles. The fourth-order valence-corrected chi connectivity index (χ4v) is 2.01. The summed E-state index contributed by atoms with van der Waals surface area (Å²) >= 11 is 9.49. The van der Waals surface area contributed by atoms with E-state index in [0.717, 1.165) is 4.47 Å². The van der Waals surface area contributed by atoms with Gasteiger partial charge in [0.25, 0.3) is 0 Å². The van der Waals surface area contributed by atoms with Gasteiger partial charge in [-0.05, 0) is 32.0 Å².